The molecule has 1 atom stereocenters. The number of hydrogen-bond donors (Lipinski definition) is 3. The van der Waals surface area contributed by atoms with Crippen molar-refractivity contribution in [3.63, 3.8) is 0 Å². The lowest BCUT2D eigenvalue weighted by Crippen LogP contribution is -2.46. The molecule has 3 rings (SSSR count). The van der Waals surface area contributed by atoms with Crippen LogP contribution in [0.1, 0.15) is 57.7 Å². The number of hydrogen-bond acceptors (Lipinski definition) is 5. The van der Waals surface area contributed by atoms with Crippen LogP contribution in [0.3, 0.4) is 0 Å². The van der Waals surface area contributed by atoms with Gasteiger partial charge in [0.1, 0.15) is 12.2 Å². The van der Waals surface area contributed by atoms with Crippen LogP contribution in [0.2, 0.25) is 0 Å². The summed E-state index contributed by atoms with van der Waals surface area (Å²) in [4.78, 5) is 4.79. The van der Waals surface area contributed by atoms with Crippen LogP contribution in [0.4, 0.5) is 0 Å². The zero-order valence-electron chi connectivity index (χ0n) is 16.4. The third-order valence-corrected chi connectivity index (χ3v) is 5.42. The lowest BCUT2D eigenvalue weighted by Gasteiger charge is -2.28. The van der Waals surface area contributed by atoms with Crippen molar-refractivity contribution >= 4 is 5.96 Å². The van der Waals surface area contributed by atoms with Gasteiger partial charge in [0, 0.05) is 32.2 Å². The van der Waals surface area contributed by atoms with Crippen molar-refractivity contribution in [3.05, 3.63) is 12.2 Å². The van der Waals surface area contributed by atoms with Crippen LogP contribution in [0.25, 0.3) is 0 Å². The van der Waals surface area contributed by atoms with E-state index in [4.69, 9.17) is 9.73 Å². The van der Waals surface area contributed by atoms with Gasteiger partial charge in [-0.3, -0.25) is 4.99 Å². The molecule has 1 unspecified atom stereocenters. The minimum Gasteiger partial charge on any atom is -0.393 e. The molecule has 27 heavy (non-hydrogen) atoms. The fourth-order valence-electron chi connectivity index (χ4n) is 3.74. The van der Waals surface area contributed by atoms with E-state index in [0.717, 1.165) is 76.4 Å². The van der Waals surface area contributed by atoms with Crippen LogP contribution in [-0.4, -0.2) is 63.8 Å². The molecule has 1 aromatic heterocycles. The van der Waals surface area contributed by atoms with E-state index in [1.807, 2.05) is 0 Å². The second-order valence-corrected chi connectivity index (χ2v) is 7.55. The molecule has 2 fully saturated rings. The van der Waals surface area contributed by atoms with Crippen LogP contribution in [0, 0.1) is 0 Å². The molecule has 0 amide bonds. The van der Waals surface area contributed by atoms with Gasteiger partial charge >= 0.3 is 0 Å². The summed E-state index contributed by atoms with van der Waals surface area (Å²) < 4.78 is 7.88. The number of guanidine groups is 1. The summed E-state index contributed by atoms with van der Waals surface area (Å²) in [6.45, 7) is 5.20. The van der Waals surface area contributed by atoms with Gasteiger partial charge in [0.15, 0.2) is 5.96 Å². The number of nitrogens with zero attached hydrogens (tertiary/aromatic N) is 4. The summed E-state index contributed by atoms with van der Waals surface area (Å²) in [6.07, 6.45) is 9.90. The number of ether oxygens (including phenoxy) is 1. The van der Waals surface area contributed by atoms with Gasteiger partial charge in [-0.05, 0) is 44.9 Å². The van der Waals surface area contributed by atoms with E-state index in [0.29, 0.717) is 12.6 Å². The normalized spacial score (nSPS) is 26.7. The third kappa shape index (κ3) is 6.46. The molecule has 0 spiro atoms. The molecule has 1 aromatic rings. The number of nitrogens with one attached hydrogen (secondary N) is 2. The van der Waals surface area contributed by atoms with Crippen molar-refractivity contribution < 1.29 is 9.84 Å². The monoisotopic (exact) mass is 378 g/mol. The van der Waals surface area contributed by atoms with E-state index in [1.165, 1.54) is 6.42 Å². The van der Waals surface area contributed by atoms with Crippen molar-refractivity contribution in [2.24, 2.45) is 4.99 Å². The molecular weight excluding hydrogens is 344 g/mol. The fraction of sp³-hybridized carbons (Fsp3) is 0.842. The van der Waals surface area contributed by atoms with Crippen molar-refractivity contribution in [2.45, 2.75) is 83.1 Å². The number of rotatable bonds is 7. The summed E-state index contributed by atoms with van der Waals surface area (Å²) in [7, 11) is 0. The first-order valence-electron chi connectivity index (χ1n) is 10.5. The average molecular weight is 379 g/mol. The Morgan fingerprint density at radius 2 is 2.15 bits per heavy atom. The summed E-state index contributed by atoms with van der Waals surface area (Å²) in [5.74, 6) is 1.84. The molecule has 1 aliphatic carbocycles. The van der Waals surface area contributed by atoms with Crippen LogP contribution in [0.5, 0.6) is 0 Å². The molecule has 1 aliphatic heterocycles. The first kappa shape index (κ1) is 20.1. The minimum absolute atomic E-state index is 0.145. The van der Waals surface area contributed by atoms with Gasteiger partial charge in [-0.15, -0.1) is 10.2 Å². The van der Waals surface area contributed by atoms with E-state index in [-0.39, 0.29) is 12.2 Å². The second kappa shape index (κ2) is 10.6. The zero-order chi connectivity index (χ0) is 18.9. The molecule has 2 heterocycles. The number of aliphatic imine (C=N–C) groups is 1. The lowest BCUT2D eigenvalue weighted by molar-refractivity contribution is 0.0224. The Morgan fingerprint density at radius 3 is 2.89 bits per heavy atom. The van der Waals surface area contributed by atoms with Crippen molar-refractivity contribution in [2.75, 3.05) is 19.7 Å². The highest BCUT2D eigenvalue weighted by molar-refractivity contribution is 5.80. The number of aromatic nitrogens is 3. The smallest absolute Gasteiger partial charge is 0.191 e. The van der Waals surface area contributed by atoms with Gasteiger partial charge in [0.05, 0.1) is 18.8 Å². The van der Waals surface area contributed by atoms with E-state index in [1.54, 1.807) is 6.33 Å². The van der Waals surface area contributed by atoms with Gasteiger partial charge in [-0.25, -0.2) is 0 Å². The quantitative estimate of drug-likeness (QED) is 0.488. The predicted molar refractivity (Wildman–Crippen MR) is 105 cm³/mol. The predicted octanol–water partition coefficient (Wildman–Crippen LogP) is 1.25. The highest BCUT2D eigenvalue weighted by Crippen LogP contribution is 2.18. The SMILES string of the molecule is CCc1nncn1CCNC(=NCC1CCCCO1)NC1CCC(O)CC1. The second-order valence-electron chi connectivity index (χ2n) is 7.55. The summed E-state index contributed by atoms with van der Waals surface area (Å²) in [5.41, 5.74) is 0. The summed E-state index contributed by atoms with van der Waals surface area (Å²) in [6, 6.07) is 0.369. The molecule has 2 aliphatic rings. The first-order valence-corrected chi connectivity index (χ1v) is 10.5. The highest BCUT2D eigenvalue weighted by atomic mass is 16.5. The topological polar surface area (TPSA) is 96.6 Å². The maximum absolute atomic E-state index is 9.73. The van der Waals surface area contributed by atoms with Gasteiger partial charge in [-0.1, -0.05) is 6.92 Å². The molecule has 8 heteroatoms. The van der Waals surface area contributed by atoms with Crippen molar-refractivity contribution in [1.29, 1.82) is 0 Å². The molecule has 0 aromatic carbocycles. The van der Waals surface area contributed by atoms with E-state index in [9.17, 15) is 5.11 Å². The van der Waals surface area contributed by atoms with Crippen LogP contribution < -0.4 is 10.6 Å². The zero-order valence-corrected chi connectivity index (χ0v) is 16.4. The molecule has 1 saturated carbocycles. The van der Waals surface area contributed by atoms with Gasteiger partial charge in [-0.2, -0.15) is 0 Å². The van der Waals surface area contributed by atoms with E-state index < -0.39 is 0 Å². The standard InChI is InChI=1S/C19H34N6O2/c1-2-18-24-22-14-25(18)11-10-20-19(21-13-17-5-3-4-12-27-17)23-15-6-8-16(26)9-7-15/h14-17,26H,2-13H2,1H3,(H2,20,21,23). The number of aliphatic hydroxyl groups is 1. The molecule has 0 bridgehead atoms. The Balaban J connectivity index is 1.52. The third-order valence-electron chi connectivity index (χ3n) is 5.42. The minimum atomic E-state index is -0.145. The maximum Gasteiger partial charge on any atom is 0.191 e. The molecule has 8 nitrogen and oxygen atoms in total. The number of aliphatic hydroxyl groups excluding tert-OH is 1. The Morgan fingerprint density at radius 1 is 1.30 bits per heavy atom. The van der Waals surface area contributed by atoms with Crippen molar-refractivity contribution in [3.8, 4) is 0 Å². The van der Waals surface area contributed by atoms with E-state index >= 15 is 0 Å². The average Bonchev–Trinajstić information content (AvgIpc) is 3.16. The largest absolute Gasteiger partial charge is 0.393 e. The Bertz CT molecular complexity index is 577. The molecule has 1 saturated heterocycles. The van der Waals surface area contributed by atoms with Crippen molar-refractivity contribution in [1.82, 2.24) is 25.4 Å². The maximum atomic E-state index is 9.73. The highest BCUT2D eigenvalue weighted by Gasteiger charge is 2.20. The number of aryl methyl sites for hydroxylation is 1. The van der Waals surface area contributed by atoms with E-state index in [2.05, 4.69) is 32.3 Å². The molecular formula is C19H34N6O2. The summed E-state index contributed by atoms with van der Waals surface area (Å²) >= 11 is 0. The van der Waals surface area contributed by atoms with Crippen LogP contribution in [0.15, 0.2) is 11.3 Å². The Hall–Kier alpha value is -1.67. The van der Waals surface area contributed by atoms with Crippen LogP contribution in [-0.2, 0) is 17.7 Å². The van der Waals surface area contributed by atoms with Gasteiger partial charge < -0.3 is 25.0 Å². The Labute approximate surface area is 161 Å². The Kier molecular flexibility index (Phi) is 7.89. The van der Waals surface area contributed by atoms with Gasteiger partial charge in [0.2, 0.25) is 0 Å². The summed E-state index contributed by atoms with van der Waals surface area (Å²) in [5, 5.41) is 24.9. The molecule has 152 valence electrons. The lowest BCUT2D eigenvalue weighted by atomic mass is 9.93. The first-order chi connectivity index (χ1) is 13.2. The van der Waals surface area contributed by atoms with Crippen LogP contribution >= 0.6 is 0 Å². The molecule has 3 N–H and O–H groups in total. The fourth-order valence-corrected chi connectivity index (χ4v) is 3.74. The molecule has 0 radical (unpaired) electrons. The van der Waals surface area contributed by atoms with Gasteiger partial charge in [0.25, 0.3) is 0 Å².